The van der Waals surface area contributed by atoms with Crippen molar-refractivity contribution in [2.45, 2.75) is 58.7 Å². The lowest BCUT2D eigenvalue weighted by Gasteiger charge is -2.27. The molecule has 3 heteroatoms. The predicted octanol–water partition coefficient (Wildman–Crippen LogP) is 3.41. The van der Waals surface area contributed by atoms with Crippen LogP contribution in [0, 0.1) is 6.92 Å². The second-order valence-corrected chi connectivity index (χ2v) is 6.79. The molecule has 0 bridgehead atoms. The van der Waals surface area contributed by atoms with E-state index in [0.29, 0.717) is 0 Å². The minimum Gasteiger partial charge on any atom is -0.311 e. The van der Waals surface area contributed by atoms with Crippen molar-refractivity contribution in [3.05, 3.63) is 21.9 Å². The standard InChI is InChI=1S/C15H26N2S/c1-4-14-7-5-12(2)17(14)10-9-16-11-15-8-6-13(3)18-15/h6,8,12,14,16H,4-5,7,9-11H2,1-3H3. The van der Waals surface area contributed by atoms with E-state index in [0.717, 1.165) is 25.2 Å². The van der Waals surface area contributed by atoms with Crippen LogP contribution in [0.15, 0.2) is 12.1 Å². The lowest BCUT2D eigenvalue weighted by atomic mass is 10.1. The van der Waals surface area contributed by atoms with E-state index in [1.165, 1.54) is 35.6 Å². The molecule has 2 nitrogen and oxygen atoms in total. The largest absolute Gasteiger partial charge is 0.311 e. The van der Waals surface area contributed by atoms with E-state index < -0.39 is 0 Å². The Kier molecular flexibility index (Phi) is 5.22. The van der Waals surface area contributed by atoms with E-state index in [2.05, 4.69) is 43.1 Å². The maximum absolute atomic E-state index is 3.58. The molecule has 0 saturated carbocycles. The summed E-state index contributed by atoms with van der Waals surface area (Å²) in [4.78, 5) is 5.55. The zero-order valence-electron chi connectivity index (χ0n) is 11.9. The van der Waals surface area contributed by atoms with E-state index in [1.807, 2.05) is 11.3 Å². The van der Waals surface area contributed by atoms with Crippen LogP contribution in [0.3, 0.4) is 0 Å². The van der Waals surface area contributed by atoms with Crippen molar-refractivity contribution in [3.8, 4) is 0 Å². The minimum atomic E-state index is 0.778. The molecular formula is C15H26N2S. The summed E-state index contributed by atoms with van der Waals surface area (Å²) < 4.78 is 0. The van der Waals surface area contributed by atoms with Crippen LogP contribution in [0.4, 0.5) is 0 Å². The highest BCUT2D eigenvalue weighted by Crippen LogP contribution is 2.25. The topological polar surface area (TPSA) is 15.3 Å². The van der Waals surface area contributed by atoms with Crippen LogP contribution < -0.4 is 5.32 Å². The predicted molar refractivity (Wildman–Crippen MR) is 80.2 cm³/mol. The van der Waals surface area contributed by atoms with Gasteiger partial charge in [-0.05, 0) is 45.2 Å². The molecule has 0 aromatic carbocycles. The van der Waals surface area contributed by atoms with Gasteiger partial charge in [0.25, 0.3) is 0 Å². The fourth-order valence-corrected chi connectivity index (χ4v) is 3.83. The summed E-state index contributed by atoms with van der Waals surface area (Å²) in [6.07, 6.45) is 4.07. The Bertz CT molecular complexity index is 361. The highest BCUT2D eigenvalue weighted by atomic mass is 32.1. The van der Waals surface area contributed by atoms with Crippen molar-refractivity contribution in [2.24, 2.45) is 0 Å². The monoisotopic (exact) mass is 266 g/mol. The second-order valence-electron chi connectivity index (χ2n) is 5.42. The van der Waals surface area contributed by atoms with Gasteiger partial charge in [0.1, 0.15) is 0 Å². The van der Waals surface area contributed by atoms with Gasteiger partial charge in [-0.15, -0.1) is 11.3 Å². The molecule has 2 unspecified atom stereocenters. The molecule has 18 heavy (non-hydrogen) atoms. The zero-order chi connectivity index (χ0) is 13.0. The Hall–Kier alpha value is -0.380. The van der Waals surface area contributed by atoms with E-state index in [-0.39, 0.29) is 0 Å². The Labute approximate surface area is 115 Å². The summed E-state index contributed by atoms with van der Waals surface area (Å²) in [5, 5.41) is 3.58. The number of likely N-dealkylation sites (tertiary alicyclic amines) is 1. The lowest BCUT2D eigenvalue weighted by Crippen LogP contribution is -2.39. The SMILES string of the molecule is CCC1CCC(C)N1CCNCc1ccc(C)s1. The van der Waals surface area contributed by atoms with Gasteiger partial charge in [-0.1, -0.05) is 6.92 Å². The van der Waals surface area contributed by atoms with Gasteiger partial charge in [-0.3, -0.25) is 4.90 Å². The van der Waals surface area contributed by atoms with E-state index >= 15 is 0 Å². The zero-order valence-corrected chi connectivity index (χ0v) is 12.7. The van der Waals surface area contributed by atoms with Crippen molar-refractivity contribution in [2.75, 3.05) is 13.1 Å². The Morgan fingerprint density at radius 2 is 2.22 bits per heavy atom. The third-order valence-corrected chi connectivity index (χ3v) is 5.07. The second kappa shape index (κ2) is 6.69. The van der Waals surface area contributed by atoms with Gasteiger partial charge in [-0.25, -0.2) is 0 Å². The number of hydrogen-bond acceptors (Lipinski definition) is 3. The number of rotatable bonds is 6. The van der Waals surface area contributed by atoms with Gasteiger partial charge in [0, 0.05) is 41.5 Å². The van der Waals surface area contributed by atoms with Gasteiger partial charge in [0.2, 0.25) is 0 Å². The average Bonchev–Trinajstić information content (AvgIpc) is 2.92. The molecule has 1 fully saturated rings. The van der Waals surface area contributed by atoms with Crippen LogP contribution in [-0.2, 0) is 6.54 Å². The van der Waals surface area contributed by atoms with Crippen LogP contribution in [0.2, 0.25) is 0 Å². The molecule has 2 heterocycles. The fourth-order valence-electron chi connectivity index (χ4n) is 2.97. The fraction of sp³-hybridized carbons (Fsp3) is 0.733. The molecule has 0 amide bonds. The first-order valence-corrected chi connectivity index (χ1v) is 8.04. The number of nitrogens with one attached hydrogen (secondary N) is 1. The van der Waals surface area contributed by atoms with Crippen molar-refractivity contribution in [3.63, 3.8) is 0 Å². The molecule has 2 rings (SSSR count). The number of aryl methyl sites for hydroxylation is 1. The van der Waals surface area contributed by atoms with E-state index in [9.17, 15) is 0 Å². The molecule has 1 N–H and O–H groups in total. The minimum absolute atomic E-state index is 0.778. The summed E-state index contributed by atoms with van der Waals surface area (Å²) >= 11 is 1.90. The van der Waals surface area contributed by atoms with Crippen LogP contribution in [0.5, 0.6) is 0 Å². The summed E-state index contributed by atoms with van der Waals surface area (Å²) in [6, 6.07) is 6.05. The Balaban J connectivity index is 1.68. The van der Waals surface area contributed by atoms with E-state index in [4.69, 9.17) is 0 Å². The first-order chi connectivity index (χ1) is 8.70. The smallest absolute Gasteiger partial charge is 0.0300 e. The van der Waals surface area contributed by atoms with Crippen molar-refractivity contribution >= 4 is 11.3 Å². The van der Waals surface area contributed by atoms with Gasteiger partial charge in [0.15, 0.2) is 0 Å². The summed E-state index contributed by atoms with van der Waals surface area (Å²) in [7, 11) is 0. The first kappa shape index (κ1) is 14.0. The van der Waals surface area contributed by atoms with Crippen molar-refractivity contribution in [1.82, 2.24) is 10.2 Å². The molecule has 1 aliphatic rings. The summed E-state index contributed by atoms with van der Waals surface area (Å²) in [5.74, 6) is 0. The molecule has 0 aliphatic carbocycles. The lowest BCUT2D eigenvalue weighted by molar-refractivity contribution is 0.199. The number of thiophene rings is 1. The molecular weight excluding hydrogens is 240 g/mol. The molecule has 1 aliphatic heterocycles. The number of nitrogens with zero attached hydrogens (tertiary/aromatic N) is 1. The van der Waals surface area contributed by atoms with E-state index in [1.54, 1.807) is 0 Å². The average molecular weight is 266 g/mol. The molecule has 0 radical (unpaired) electrons. The molecule has 1 aromatic rings. The van der Waals surface area contributed by atoms with Crippen molar-refractivity contribution in [1.29, 1.82) is 0 Å². The number of hydrogen-bond donors (Lipinski definition) is 1. The maximum Gasteiger partial charge on any atom is 0.0300 e. The normalized spacial score (nSPS) is 24.8. The highest BCUT2D eigenvalue weighted by Gasteiger charge is 2.28. The third-order valence-electron chi connectivity index (χ3n) is 4.07. The molecule has 2 atom stereocenters. The molecule has 0 spiro atoms. The van der Waals surface area contributed by atoms with Crippen LogP contribution in [0.1, 0.15) is 42.9 Å². The third kappa shape index (κ3) is 3.56. The van der Waals surface area contributed by atoms with Crippen LogP contribution in [0.25, 0.3) is 0 Å². The van der Waals surface area contributed by atoms with Gasteiger partial charge in [0.05, 0.1) is 0 Å². The quantitative estimate of drug-likeness (QED) is 0.794. The van der Waals surface area contributed by atoms with Crippen LogP contribution in [-0.4, -0.2) is 30.1 Å². The maximum atomic E-state index is 3.58. The highest BCUT2D eigenvalue weighted by molar-refractivity contribution is 7.11. The Morgan fingerprint density at radius 3 is 2.89 bits per heavy atom. The van der Waals surface area contributed by atoms with Crippen LogP contribution >= 0.6 is 11.3 Å². The molecule has 102 valence electrons. The summed E-state index contributed by atoms with van der Waals surface area (Å²) in [5.41, 5.74) is 0. The van der Waals surface area contributed by atoms with Crippen molar-refractivity contribution < 1.29 is 0 Å². The van der Waals surface area contributed by atoms with Gasteiger partial charge < -0.3 is 5.32 Å². The van der Waals surface area contributed by atoms with Gasteiger partial charge >= 0.3 is 0 Å². The molecule has 1 saturated heterocycles. The summed E-state index contributed by atoms with van der Waals surface area (Å²) in [6.45, 7) is 10.2. The van der Waals surface area contributed by atoms with Gasteiger partial charge in [-0.2, -0.15) is 0 Å². The molecule has 1 aromatic heterocycles. The first-order valence-electron chi connectivity index (χ1n) is 7.22. The Morgan fingerprint density at radius 1 is 1.39 bits per heavy atom.